The number of nitrogens with two attached hydrogens (primary N) is 2. The molecule has 0 heterocycles. The summed E-state index contributed by atoms with van der Waals surface area (Å²) in [5, 5.41) is 13.7. The molecule has 0 aliphatic carbocycles. The maximum absolute atomic E-state index is 12.0. The summed E-state index contributed by atoms with van der Waals surface area (Å²) in [7, 11) is -4.16. The number of primary amides is 1. The Bertz CT molecular complexity index is 912. The number of para-hydroxylation sites is 1. The summed E-state index contributed by atoms with van der Waals surface area (Å²) in [4.78, 5) is 24.0. The largest absolute Gasteiger partial charge is 0.481 e. The molecular weight excluding hydrogens is 362 g/mol. The number of anilines is 2. The van der Waals surface area contributed by atoms with Crippen molar-refractivity contribution in [3.8, 4) is 5.75 Å². The third-order valence-corrected chi connectivity index (χ3v) is 3.79. The number of aliphatic carboxylic acids is 1. The first-order chi connectivity index (χ1) is 12.2. The molecule has 5 N–H and O–H groups in total. The van der Waals surface area contributed by atoms with E-state index < -0.39 is 22.3 Å². The van der Waals surface area contributed by atoms with Crippen LogP contribution in [-0.2, 0) is 21.5 Å². The Labute approximate surface area is 150 Å². The Kier molecular flexibility index (Phi) is 5.80. The van der Waals surface area contributed by atoms with Gasteiger partial charge < -0.3 is 15.0 Å². The molecule has 2 aromatic rings. The highest BCUT2D eigenvalue weighted by atomic mass is 32.2. The number of rotatable bonds is 7. The van der Waals surface area contributed by atoms with E-state index in [1.807, 2.05) is 0 Å². The van der Waals surface area contributed by atoms with Crippen LogP contribution in [0.3, 0.4) is 0 Å². The van der Waals surface area contributed by atoms with Crippen molar-refractivity contribution >= 4 is 33.7 Å². The minimum Gasteiger partial charge on any atom is -0.481 e. The molecule has 0 aromatic heterocycles. The van der Waals surface area contributed by atoms with E-state index in [0.717, 1.165) is 0 Å². The molecule has 26 heavy (non-hydrogen) atoms. The zero-order valence-electron chi connectivity index (χ0n) is 13.5. The second kappa shape index (κ2) is 7.85. The summed E-state index contributed by atoms with van der Waals surface area (Å²) < 4.78 is 26.4. The summed E-state index contributed by atoms with van der Waals surface area (Å²) in [6, 6.07) is 11.5. The molecule has 0 aliphatic heterocycles. The third kappa shape index (κ3) is 5.19. The van der Waals surface area contributed by atoms with Crippen molar-refractivity contribution in [2.24, 2.45) is 10.9 Å². The predicted octanol–water partition coefficient (Wildman–Crippen LogP) is 1.50. The average Bonchev–Trinajstić information content (AvgIpc) is 2.54. The van der Waals surface area contributed by atoms with E-state index in [9.17, 15) is 18.0 Å². The maximum atomic E-state index is 12.0. The van der Waals surface area contributed by atoms with Gasteiger partial charge in [-0.15, -0.1) is 0 Å². The molecule has 2 amide bonds. The van der Waals surface area contributed by atoms with Gasteiger partial charge in [0.15, 0.2) is 0 Å². The van der Waals surface area contributed by atoms with Crippen molar-refractivity contribution in [2.45, 2.75) is 12.8 Å². The molecule has 0 radical (unpaired) electrons. The van der Waals surface area contributed by atoms with E-state index in [1.165, 1.54) is 29.2 Å². The van der Waals surface area contributed by atoms with Gasteiger partial charge in [-0.25, -0.2) is 4.79 Å². The van der Waals surface area contributed by atoms with Crippen LogP contribution in [-0.4, -0.2) is 25.5 Å². The predicted molar refractivity (Wildman–Crippen MR) is 94.3 cm³/mol. The first-order valence-electron chi connectivity index (χ1n) is 7.39. The lowest BCUT2D eigenvalue weighted by molar-refractivity contribution is -0.136. The molecule has 0 spiro atoms. The van der Waals surface area contributed by atoms with Gasteiger partial charge in [-0.1, -0.05) is 18.2 Å². The Balaban J connectivity index is 2.38. The fourth-order valence-electron chi connectivity index (χ4n) is 2.35. The lowest BCUT2D eigenvalue weighted by Gasteiger charge is -2.23. The highest BCUT2D eigenvalue weighted by molar-refractivity contribution is 7.84. The molecule has 10 heteroatoms. The molecule has 2 aromatic carbocycles. The second-order valence-electron chi connectivity index (χ2n) is 5.27. The quantitative estimate of drug-likeness (QED) is 0.662. The van der Waals surface area contributed by atoms with Crippen LogP contribution in [0, 0.1) is 0 Å². The molecule has 0 fully saturated rings. The zero-order valence-corrected chi connectivity index (χ0v) is 14.3. The van der Waals surface area contributed by atoms with E-state index >= 15 is 0 Å². The Morgan fingerprint density at radius 1 is 1.08 bits per heavy atom. The summed E-state index contributed by atoms with van der Waals surface area (Å²) in [6.07, 6.45) is 0.104. The molecule has 9 nitrogen and oxygen atoms in total. The normalized spacial score (nSPS) is 11.0. The van der Waals surface area contributed by atoms with Gasteiger partial charge in [-0.05, 0) is 42.3 Å². The van der Waals surface area contributed by atoms with Crippen molar-refractivity contribution in [2.75, 3.05) is 4.90 Å². The topological polar surface area (TPSA) is 153 Å². The van der Waals surface area contributed by atoms with Crippen LogP contribution in [0.4, 0.5) is 16.2 Å². The smallest absolute Gasteiger partial charge is 0.380 e. The van der Waals surface area contributed by atoms with Gasteiger partial charge in [-0.3, -0.25) is 9.69 Å². The fraction of sp³-hybridized carbons (Fsp3) is 0.125. The number of carbonyl (C=O) groups is 2. The van der Waals surface area contributed by atoms with E-state index in [1.54, 1.807) is 24.3 Å². The molecular formula is C16H17N3O6S. The van der Waals surface area contributed by atoms with Gasteiger partial charge in [0.1, 0.15) is 5.75 Å². The summed E-state index contributed by atoms with van der Waals surface area (Å²) >= 11 is 0. The van der Waals surface area contributed by atoms with Gasteiger partial charge >= 0.3 is 22.3 Å². The number of benzene rings is 2. The minimum atomic E-state index is -4.16. The minimum absolute atomic E-state index is 0.0279. The van der Waals surface area contributed by atoms with Crippen molar-refractivity contribution in [1.82, 2.24) is 0 Å². The van der Waals surface area contributed by atoms with E-state index in [4.69, 9.17) is 16.0 Å². The average molecular weight is 379 g/mol. The number of carboxylic acids is 1. The van der Waals surface area contributed by atoms with Crippen LogP contribution in [0.25, 0.3) is 0 Å². The number of hydrogen-bond acceptors (Lipinski definition) is 5. The van der Waals surface area contributed by atoms with Gasteiger partial charge in [0.05, 0.1) is 11.4 Å². The first-order valence-corrected chi connectivity index (χ1v) is 8.86. The monoisotopic (exact) mass is 379 g/mol. The number of carbonyl (C=O) groups excluding carboxylic acids is 1. The van der Waals surface area contributed by atoms with Crippen LogP contribution in [0.5, 0.6) is 5.75 Å². The van der Waals surface area contributed by atoms with E-state index in [-0.39, 0.29) is 18.6 Å². The lowest BCUT2D eigenvalue weighted by Crippen LogP contribution is -2.32. The van der Waals surface area contributed by atoms with Crippen molar-refractivity contribution in [1.29, 1.82) is 0 Å². The van der Waals surface area contributed by atoms with Crippen LogP contribution in [0.15, 0.2) is 48.5 Å². The standard InChI is InChI=1S/C16H17N3O6S/c17-16(22)19(12-6-8-13(9-7-12)25-26(18,23)24)14-4-2-1-3-11(14)5-10-15(20)21/h1-4,6-9H,5,10H2,(H2,17,22)(H,20,21)(H2,18,23,24). The molecule has 0 saturated carbocycles. The summed E-state index contributed by atoms with van der Waals surface area (Å²) in [5.74, 6) is -0.991. The van der Waals surface area contributed by atoms with Crippen LogP contribution < -0.4 is 20.0 Å². The van der Waals surface area contributed by atoms with E-state index in [2.05, 4.69) is 4.18 Å². The Hall–Kier alpha value is -3.11. The number of urea groups is 1. The highest BCUT2D eigenvalue weighted by Gasteiger charge is 2.19. The Morgan fingerprint density at radius 3 is 2.23 bits per heavy atom. The number of aryl methyl sites for hydroxylation is 1. The number of hydrogen-bond donors (Lipinski definition) is 3. The summed E-state index contributed by atoms with van der Waals surface area (Å²) in [6.45, 7) is 0. The van der Waals surface area contributed by atoms with Gasteiger partial charge in [0.25, 0.3) is 0 Å². The molecule has 138 valence electrons. The SMILES string of the molecule is NC(=O)N(c1ccc(OS(N)(=O)=O)cc1)c1ccccc1CCC(=O)O. The fourth-order valence-corrected chi connectivity index (χ4v) is 2.73. The molecule has 0 aliphatic rings. The van der Waals surface area contributed by atoms with Crippen LogP contribution in [0.2, 0.25) is 0 Å². The highest BCUT2D eigenvalue weighted by Crippen LogP contribution is 2.30. The molecule has 0 saturated heterocycles. The molecule has 0 unspecified atom stereocenters. The first kappa shape index (κ1) is 19.2. The third-order valence-electron chi connectivity index (χ3n) is 3.37. The number of amides is 2. The van der Waals surface area contributed by atoms with E-state index in [0.29, 0.717) is 16.9 Å². The van der Waals surface area contributed by atoms with Crippen molar-refractivity contribution in [3.05, 3.63) is 54.1 Å². The van der Waals surface area contributed by atoms with Gasteiger partial charge in [0.2, 0.25) is 0 Å². The summed E-state index contributed by atoms with van der Waals surface area (Å²) in [5.41, 5.74) is 6.89. The molecule has 0 atom stereocenters. The van der Waals surface area contributed by atoms with Crippen molar-refractivity contribution < 1.29 is 27.3 Å². The van der Waals surface area contributed by atoms with Gasteiger partial charge in [0, 0.05) is 6.42 Å². The van der Waals surface area contributed by atoms with Crippen LogP contribution >= 0.6 is 0 Å². The second-order valence-corrected chi connectivity index (χ2v) is 6.42. The zero-order chi connectivity index (χ0) is 19.3. The number of nitrogens with zero attached hydrogens (tertiary/aromatic N) is 1. The lowest BCUT2D eigenvalue weighted by atomic mass is 10.1. The maximum Gasteiger partial charge on any atom is 0.380 e. The Morgan fingerprint density at radius 2 is 1.69 bits per heavy atom. The molecule has 2 rings (SSSR count). The van der Waals surface area contributed by atoms with Crippen LogP contribution in [0.1, 0.15) is 12.0 Å². The van der Waals surface area contributed by atoms with Crippen molar-refractivity contribution in [3.63, 3.8) is 0 Å². The van der Waals surface area contributed by atoms with Gasteiger partial charge in [-0.2, -0.15) is 13.6 Å². The number of carboxylic acid groups (broad SMARTS) is 1. The molecule has 0 bridgehead atoms.